The largest absolute Gasteiger partial charge is 0.460 e. The first-order valence-electron chi connectivity index (χ1n) is 8.78. The van der Waals surface area contributed by atoms with E-state index in [0.29, 0.717) is 36.2 Å². The molecule has 1 heterocycles. The highest BCUT2D eigenvalue weighted by Gasteiger charge is 2.41. The summed E-state index contributed by atoms with van der Waals surface area (Å²) in [6.45, 7) is 0.182. The number of benzene rings is 1. The maximum Gasteiger partial charge on any atom is 0.340 e. The number of carbonyl (C=O) groups excluding carboxylic acids is 2. The minimum atomic E-state index is -0.883. The first-order valence-corrected chi connectivity index (χ1v) is 8.78. The molecule has 28 heavy (non-hydrogen) atoms. The van der Waals surface area contributed by atoms with Gasteiger partial charge in [0.15, 0.2) is 5.78 Å². The number of rotatable bonds is 6. The third-order valence-electron chi connectivity index (χ3n) is 4.64. The topological polar surface area (TPSA) is 131 Å². The molecule has 3 rings (SSSR count). The molecule has 1 aliphatic heterocycles. The molecule has 0 amide bonds. The van der Waals surface area contributed by atoms with E-state index in [-0.39, 0.29) is 36.1 Å². The van der Waals surface area contributed by atoms with E-state index in [2.05, 4.69) is 0 Å². The molecule has 2 N–H and O–H groups in total. The zero-order chi connectivity index (χ0) is 20.3. The molecule has 2 aliphatic rings. The Labute approximate surface area is 160 Å². The predicted octanol–water partition coefficient (Wildman–Crippen LogP) is 2.08. The molecule has 148 valence electrons. The first-order chi connectivity index (χ1) is 13.4. The van der Waals surface area contributed by atoms with Crippen molar-refractivity contribution >= 4 is 17.4 Å². The van der Waals surface area contributed by atoms with Crippen molar-refractivity contribution in [1.82, 2.24) is 0 Å². The molecule has 9 heteroatoms. The number of methoxy groups -OCH3 is 1. The van der Waals surface area contributed by atoms with Crippen LogP contribution in [0.1, 0.15) is 30.7 Å². The fourth-order valence-corrected chi connectivity index (χ4v) is 3.40. The van der Waals surface area contributed by atoms with Crippen molar-refractivity contribution in [3.05, 3.63) is 62.7 Å². The smallest absolute Gasteiger partial charge is 0.340 e. The average molecular weight is 388 g/mol. The monoisotopic (exact) mass is 388 g/mol. The predicted molar refractivity (Wildman–Crippen MR) is 96.9 cm³/mol. The van der Waals surface area contributed by atoms with Crippen molar-refractivity contribution in [3.63, 3.8) is 0 Å². The number of non-ortho nitro benzene ring substituents is 1. The number of ether oxygens (including phenoxy) is 3. The summed E-state index contributed by atoms with van der Waals surface area (Å²) in [5.74, 6) is -1.57. The van der Waals surface area contributed by atoms with Crippen LogP contribution in [-0.2, 0) is 23.8 Å². The second-order valence-corrected chi connectivity index (χ2v) is 6.41. The highest BCUT2D eigenvalue weighted by atomic mass is 16.6. The van der Waals surface area contributed by atoms with Gasteiger partial charge >= 0.3 is 5.97 Å². The van der Waals surface area contributed by atoms with Crippen molar-refractivity contribution in [1.29, 1.82) is 0 Å². The fourth-order valence-electron chi connectivity index (χ4n) is 3.40. The molecule has 0 unspecified atom stereocenters. The summed E-state index contributed by atoms with van der Waals surface area (Å²) in [6.07, 6.45) is 1.42. The van der Waals surface area contributed by atoms with Crippen molar-refractivity contribution in [2.24, 2.45) is 5.73 Å². The summed E-state index contributed by atoms with van der Waals surface area (Å²) in [5, 5.41) is 11.2. The van der Waals surface area contributed by atoms with Crippen LogP contribution in [0.4, 0.5) is 5.69 Å². The number of nitrogens with two attached hydrogens (primary N) is 1. The molecule has 1 aliphatic carbocycles. The maximum absolute atomic E-state index is 12.7. The number of ketones is 1. The van der Waals surface area contributed by atoms with E-state index in [1.807, 2.05) is 0 Å². The first kappa shape index (κ1) is 19.6. The summed E-state index contributed by atoms with van der Waals surface area (Å²) in [4.78, 5) is 36.0. The lowest BCUT2D eigenvalue weighted by atomic mass is 9.77. The molecule has 1 aromatic rings. The van der Waals surface area contributed by atoms with Crippen LogP contribution >= 0.6 is 0 Å². The molecule has 0 saturated carbocycles. The van der Waals surface area contributed by atoms with E-state index >= 15 is 0 Å². The molecular formula is C19H20N2O7. The number of hydrogen-bond donors (Lipinski definition) is 1. The van der Waals surface area contributed by atoms with Crippen LogP contribution in [0, 0.1) is 10.1 Å². The van der Waals surface area contributed by atoms with E-state index in [1.165, 1.54) is 25.3 Å². The van der Waals surface area contributed by atoms with Crippen molar-refractivity contribution in [3.8, 4) is 0 Å². The lowest BCUT2D eigenvalue weighted by Gasteiger charge is -2.32. The summed E-state index contributed by atoms with van der Waals surface area (Å²) in [7, 11) is 1.47. The second-order valence-electron chi connectivity index (χ2n) is 6.41. The number of nitro benzene ring substituents is 1. The number of esters is 1. The Bertz CT molecular complexity index is 888. The van der Waals surface area contributed by atoms with Gasteiger partial charge in [-0.05, 0) is 12.0 Å². The van der Waals surface area contributed by atoms with Crippen LogP contribution < -0.4 is 5.73 Å². The average Bonchev–Trinajstić information content (AvgIpc) is 2.67. The molecule has 0 fully saturated rings. The number of Topliss-reactive ketones (excluding diaryl/α,β-unsaturated/α-hetero) is 1. The number of hydrogen-bond acceptors (Lipinski definition) is 8. The Hall–Kier alpha value is -3.20. The van der Waals surface area contributed by atoms with Gasteiger partial charge in [0.1, 0.15) is 17.9 Å². The van der Waals surface area contributed by atoms with Gasteiger partial charge in [-0.2, -0.15) is 0 Å². The van der Waals surface area contributed by atoms with Crippen LogP contribution in [-0.4, -0.2) is 37.0 Å². The molecule has 1 aromatic carbocycles. The highest BCUT2D eigenvalue weighted by Crippen LogP contribution is 2.44. The number of nitro groups is 1. The van der Waals surface area contributed by atoms with Crippen LogP contribution in [0.2, 0.25) is 0 Å². The van der Waals surface area contributed by atoms with E-state index < -0.39 is 16.8 Å². The Morgan fingerprint density at radius 2 is 2.14 bits per heavy atom. The lowest BCUT2D eigenvalue weighted by molar-refractivity contribution is -0.384. The normalized spacial score (nSPS) is 19.2. The summed E-state index contributed by atoms with van der Waals surface area (Å²) >= 11 is 0. The van der Waals surface area contributed by atoms with Crippen LogP contribution in [0.5, 0.6) is 0 Å². The van der Waals surface area contributed by atoms with E-state index in [0.717, 1.165) is 0 Å². The standard InChI is InChI=1S/C19H20N2O7/c1-26-8-9-27-19(23)17-15(11-4-2-5-12(10-11)21(24)25)16-13(22)6-3-7-14(16)28-18(17)20/h2,4-5,10,15H,3,6-9,20H2,1H3/t15-/m0/s1. The van der Waals surface area contributed by atoms with Crippen LogP contribution in [0.15, 0.2) is 47.1 Å². The van der Waals surface area contributed by atoms with Crippen LogP contribution in [0.25, 0.3) is 0 Å². The minimum absolute atomic E-state index is 0.00633. The Kier molecular flexibility index (Phi) is 5.74. The molecular weight excluding hydrogens is 368 g/mol. The van der Waals surface area contributed by atoms with Gasteiger partial charge in [-0.1, -0.05) is 12.1 Å². The molecule has 0 bridgehead atoms. The lowest BCUT2D eigenvalue weighted by Crippen LogP contribution is -2.31. The van der Waals surface area contributed by atoms with E-state index in [1.54, 1.807) is 6.07 Å². The van der Waals surface area contributed by atoms with Gasteiger partial charge in [0, 0.05) is 37.7 Å². The fraction of sp³-hybridized carbons (Fsp3) is 0.368. The van der Waals surface area contributed by atoms with Crippen molar-refractivity contribution < 1.29 is 28.7 Å². The number of allylic oxidation sites excluding steroid dienone is 2. The minimum Gasteiger partial charge on any atom is -0.460 e. The summed E-state index contributed by atoms with van der Waals surface area (Å²) in [5.41, 5.74) is 6.53. The summed E-state index contributed by atoms with van der Waals surface area (Å²) in [6, 6.07) is 5.79. The van der Waals surface area contributed by atoms with Crippen LogP contribution in [0.3, 0.4) is 0 Å². The maximum atomic E-state index is 12.7. The zero-order valence-corrected chi connectivity index (χ0v) is 15.3. The van der Waals surface area contributed by atoms with Gasteiger partial charge in [-0.3, -0.25) is 14.9 Å². The molecule has 0 radical (unpaired) electrons. The number of carbonyl (C=O) groups is 2. The van der Waals surface area contributed by atoms with E-state index in [4.69, 9.17) is 19.9 Å². The van der Waals surface area contributed by atoms with Gasteiger partial charge in [0.2, 0.25) is 5.88 Å². The van der Waals surface area contributed by atoms with Gasteiger partial charge in [0.05, 0.1) is 17.4 Å². The quantitative estimate of drug-likeness (QED) is 0.339. The molecule has 1 atom stereocenters. The number of nitrogens with zero attached hydrogens (tertiary/aromatic N) is 1. The summed E-state index contributed by atoms with van der Waals surface area (Å²) < 4.78 is 15.6. The van der Waals surface area contributed by atoms with Crippen molar-refractivity contribution in [2.45, 2.75) is 25.2 Å². The highest BCUT2D eigenvalue weighted by molar-refractivity contribution is 6.03. The SMILES string of the molecule is COCCOC(=O)C1=C(N)OC2=C(C(=O)CCC2)[C@@H]1c1cccc([N+](=O)[O-])c1. The molecule has 0 saturated heterocycles. The Morgan fingerprint density at radius 1 is 1.36 bits per heavy atom. The van der Waals surface area contributed by atoms with Gasteiger partial charge in [-0.25, -0.2) is 4.79 Å². The van der Waals surface area contributed by atoms with Gasteiger partial charge in [0.25, 0.3) is 5.69 Å². The Balaban J connectivity index is 2.09. The van der Waals surface area contributed by atoms with E-state index in [9.17, 15) is 19.7 Å². The molecule has 0 spiro atoms. The third kappa shape index (κ3) is 3.74. The zero-order valence-electron chi connectivity index (χ0n) is 15.3. The van der Waals surface area contributed by atoms with Gasteiger partial charge < -0.3 is 19.9 Å². The van der Waals surface area contributed by atoms with Gasteiger partial charge in [-0.15, -0.1) is 0 Å². The molecule has 9 nitrogen and oxygen atoms in total. The third-order valence-corrected chi connectivity index (χ3v) is 4.64. The Morgan fingerprint density at radius 3 is 2.86 bits per heavy atom. The second kappa shape index (κ2) is 8.22. The van der Waals surface area contributed by atoms with Crippen molar-refractivity contribution in [2.75, 3.05) is 20.3 Å². The molecule has 0 aromatic heterocycles.